The molecule has 4 heteroatoms. The van der Waals surface area contributed by atoms with Gasteiger partial charge in [-0.2, -0.15) is 0 Å². The maximum absolute atomic E-state index is 12.3. The number of carbonyl (C=O) groups excluding carboxylic acids is 1. The van der Waals surface area contributed by atoms with Crippen LogP contribution < -0.4 is 5.32 Å². The van der Waals surface area contributed by atoms with Gasteiger partial charge < -0.3 is 15.1 Å². The number of hydrogen-bond acceptors (Lipinski definition) is 3. The molecule has 0 saturated carbocycles. The summed E-state index contributed by atoms with van der Waals surface area (Å²) in [4.78, 5) is 16.7. The standard InChI is InChI=1S/C12H23N3O/c1-3-14-6-8-15(9-7-14)12(16)11-10(2)4-5-13-11/h10-11,13H,3-9H2,1-2H3. The summed E-state index contributed by atoms with van der Waals surface area (Å²) >= 11 is 0. The van der Waals surface area contributed by atoms with Crippen LogP contribution >= 0.6 is 0 Å². The Bertz CT molecular complexity index is 249. The molecule has 2 atom stereocenters. The smallest absolute Gasteiger partial charge is 0.240 e. The van der Waals surface area contributed by atoms with E-state index < -0.39 is 0 Å². The zero-order chi connectivity index (χ0) is 11.5. The Labute approximate surface area is 98.0 Å². The molecule has 0 aliphatic carbocycles. The third-order valence-electron chi connectivity index (χ3n) is 3.93. The van der Waals surface area contributed by atoms with Crippen LogP contribution in [0.4, 0.5) is 0 Å². The summed E-state index contributed by atoms with van der Waals surface area (Å²) in [5, 5.41) is 3.32. The minimum atomic E-state index is 0.0770. The van der Waals surface area contributed by atoms with Gasteiger partial charge in [-0.15, -0.1) is 0 Å². The summed E-state index contributed by atoms with van der Waals surface area (Å²) in [6.45, 7) is 10.3. The van der Waals surface area contributed by atoms with E-state index >= 15 is 0 Å². The number of likely N-dealkylation sites (N-methyl/N-ethyl adjacent to an activating group) is 1. The van der Waals surface area contributed by atoms with Crippen molar-refractivity contribution in [1.29, 1.82) is 0 Å². The highest BCUT2D eigenvalue weighted by atomic mass is 16.2. The van der Waals surface area contributed by atoms with Gasteiger partial charge in [-0.1, -0.05) is 13.8 Å². The molecular weight excluding hydrogens is 202 g/mol. The van der Waals surface area contributed by atoms with Gasteiger partial charge in [-0.25, -0.2) is 0 Å². The van der Waals surface area contributed by atoms with Crippen molar-refractivity contribution >= 4 is 5.91 Å². The zero-order valence-corrected chi connectivity index (χ0v) is 10.4. The molecule has 0 spiro atoms. The van der Waals surface area contributed by atoms with Gasteiger partial charge in [0.05, 0.1) is 6.04 Å². The topological polar surface area (TPSA) is 35.6 Å². The molecule has 0 aromatic rings. The zero-order valence-electron chi connectivity index (χ0n) is 10.4. The predicted octanol–water partition coefficient (Wildman–Crippen LogP) is 0.149. The molecule has 2 fully saturated rings. The minimum absolute atomic E-state index is 0.0770. The van der Waals surface area contributed by atoms with Crippen molar-refractivity contribution in [3.05, 3.63) is 0 Å². The van der Waals surface area contributed by atoms with Gasteiger partial charge >= 0.3 is 0 Å². The molecule has 4 nitrogen and oxygen atoms in total. The summed E-state index contributed by atoms with van der Waals surface area (Å²) in [5.41, 5.74) is 0. The molecule has 92 valence electrons. The molecule has 16 heavy (non-hydrogen) atoms. The number of hydrogen-bond donors (Lipinski definition) is 1. The van der Waals surface area contributed by atoms with E-state index in [2.05, 4.69) is 24.1 Å². The SMILES string of the molecule is CCN1CCN(C(=O)C2NCCC2C)CC1. The van der Waals surface area contributed by atoms with Crippen molar-refractivity contribution in [2.45, 2.75) is 26.3 Å². The predicted molar refractivity (Wildman–Crippen MR) is 64.3 cm³/mol. The second-order valence-electron chi connectivity index (χ2n) is 4.96. The molecule has 0 aromatic heterocycles. The number of nitrogens with zero attached hydrogens (tertiary/aromatic N) is 2. The molecule has 1 amide bonds. The average molecular weight is 225 g/mol. The van der Waals surface area contributed by atoms with E-state index in [0.717, 1.165) is 45.7 Å². The third-order valence-corrected chi connectivity index (χ3v) is 3.93. The number of piperazine rings is 1. The van der Waals surface area contributed by atoms with Crippen LogP contribution in [0.1, 0.15) is 20.3 Å². The fraction of sp³-hybridized carbons (Fsp3) is 0.917. The van der Waals surface area contributed by atoms with E-state index in [9.17, 15) is 4.79 Å². The normalized spacial score (nSPS) is 32.0. The average Bonchev–Trinajstić information content (AvgIpc) is 2.75. The number of amides is 1. The Morgan fingerprint density at radius 2 is 2.00 bits per heavy atom. The van der Waals surface area contributed by atoms with Crippen molar-refractivity contribution in [1.82, 2.24) is 15.1 Å². The third kappa shape index (κ3) is 2.38. The maximum Gasteiger partial charge on any atom is 0.240 e. The molecule has 2 aliphatic heterocycles. The Morgan fingerprint density at radius 1 is 1.31 bits per heavy atom. The van der Waals surface area contributed by atoms with E-state index in [1.807, 2.05) is 4.90 Å². The van der Waals surface area contributed by atoms with Crippen LogP contribution in [-0.4, -0.2) is 61.0 Å². The Kier molecular flexibility index (Phi) is 3.82. The van der Waals surface area contributed by atoms with Crippen molar-refractivity contribution in [2.24, 2.45) is 5.92 Å². The lowest BCUT2D eigenvalue weighted by molar-refractivity contribution is -0.135. The van der Waals surface area contributed by atoms with Crippen LogP contribution in [0.15, 0.2) is 0 Å². The molecule has 2 saturated heterocycles. The second-order valence-corrected chi connectivity index (χ2v) is 4.96. The first-order chi connectivity index (χ1) is 7.72. The Hall–Kier alpha value is -0.610. The fourth-order valence-corrected chi connectivity index (χ4v) is 2.65. The Morgan fingerprint density at radius 3 is 2.50 bits per heavy atom. The quantitative estimate of drug-likeness (QED) is 0.726. The molecule has 2 aliphatic rings. The first-order valence-corrected chi connectivity index (χ1v) is 6.47. The molecule has 2 unspecified atom stereocenters. The first kappa shape index (κ1) is 11.9. The summed E-state index contributed by atoms with van der Waals surface area (Å²) in [6.07, 6.45) is 1.13. The summed E-state index contributed by atoms with van der Waals surface area (Å²) in [6, 6.07) is 0.0770. The molecule has 0 aromatic carbocycles. The molecule has 0 radical (unpaired) electrons. The molecule has 1 N–H and O–H groups in total. The summed E-state index contributed by atoms with van der Waals surface area (Å²) < 4.78 is 0. The number of nitrogens with one attached hydrogen (secondary N) is 1. The van der Waals surface area contributed by atoms with Crippen LogP contribution in [0.25, 0.3) is 0 Å². The van der Waals surface area contributed by atoms with E-state index in [0.29, 0.717) is 11.8 Å². The molecule has 2 heterocycles. The van der Waals surface area contributed by atoms with Gasteiger partial charge in [0.1, 0.15) is 0 Å². The van der Waals surface area contributed by atoms with Gasteiger partial charge in [0, 0.05) is 26.2 Å². The lowest BCUT2D eigenvalue weighted by Crippen LogP contribution is -2.53. The highest BCUT2D eigenvalue weighted by Gasteiger charge is 2.33. The summed E-state index contributed by atoms with van der Waals surface area (Å²) in [7, 11) is 0. The van der Waals surface area contributed by atoms with Gasteiger partial charge in [0.25, 0.3) is 0 Å². The summed E-state index contributed by atoms with van der Waals surface area (Å²) in [5.74, 6) is 0.817. The van der Waals surface area contributed by atoms with E-state index in [-0.39, 0.29) is 6.04 Å². The molecule has 0 bridgehead atoms. The Balaban J connectivity index is 1.86. The van der Waals surface area contributed by atoms with Gasteiger partial charge in [0.2, 0.25) is 5.91 Å². The lowest BCUT2D eigenvalue weighted by atomic mass is 10.0. The molecule has 2 rings (SSSR count). The number of carbonyl (C=O) groups is 1. The van der Waals surface area contributed by atoms with E-state index in [1.54, 1.807) is 0 Å². The number of rotatable bonds is 2. The first-order valence-electron chi connectivity index (χ1n) is 6.47. The van der Waals surface area contributed by atoms with E-state index in [4.69, 9.17) is 0 Å². The van der Waals surface area contributed by atoms with Crippen molar-refractivity contribution in [2.75, 3.05) is 39.3 Å². The van der Waals surface area contributed by atoms with Crippen LogP contribution in [0, 0.1) is 5.92 Å². The highest BCUT2D eigenvalue weighted by molar-refractivity contribution is 5.82. The largest absolute Gasteiger partial charge is 0.339 e. The van der Waals surface area contributed by atoms with Crippen LogP contribution in [0.2, 0.25) is 0 Å². The second kappa shape index (κ2) is 5.15. The van der Waals surface area contributed by atoms with Gasteiger partial charge in [-0.3, -0.25) is 4.79 Å². The van der Waals surface area contributed by atoms with Gasteiger partial charge in [-0.05, 0) is 25.4 Å². The van der Waals surface area contributed by atoms with Crippen LogP contribution in [0.3, 0.4) is 0 Å². The molecular formula is C12H23N3O. The van der Waals surface area contributed by atoms with Crippen molar-refractivity contribution in [3.8, 4) is 0 Å². The monoisotopic (exact) mass is 225 g/mol. The minimum Gasteiger partial charge on any atom is -0.339 e. The fourth-order valence-electron chi connectivity index (χ4n) is 2.65. The maximum atomic E-state index is 12.3. The van der Waals surface area contributed by atoms with Crippen LogP contribution in [0.5, 0.6) is 0 Å². The highest BCUT2D eigenvalue weighted by Crippen LogP contribution is 2.17. The van der Waals surface area contributed by atoms with Crippen LogP contribution in [-0.2, 0) is 4.79 Å². The van der Waals surface area contributed by atoms with E-state index in [1.165, 1.54) is 0 Å². The van der Waals surface area contributed by atoms with Crippen molar-refractivity contribution in [3.63, 3.8) is 0 Å². The lowest BCUT2D eigenvalue weighted by Gasteiger charge is -2.36. The van der Waals surface area contributed by atoms with Gasteiger partial charge in [0.15, 0.2) is 0 Å². The van der Waals surface area contributed by atoms with Crippen molar-refractivity contribution < 1.29 is 4.79 Å².